The normalized spacial score (nSPS) is 12.2. The number of carbonyl (C=O) groups excluding carboxylic acids is 2. The Morgan fingerprint density at radius 1 is 1.06 bits per heavy atom. The predicted molar refractivity (Wildman–Crippen MR) is 128 cm³/mol. The summed E-state index contributed by atoms with van der Waals surface area (Å²) in [5, 5.41) is 2.74. The zero-order chi connectivity index (χ0) is 24.6. The van der Waals surface area contributed by atoms with Crippen molar-refractivity contribution in [3.63, 3.8) is 0 Å². The molecule has 9 heteroatoms. The highest BCUT2D eigenvalue weighted by Crippen LogP contribution is 2.20. The number of aryl methyl sites for hydroxylation is 1. The highest BCUT2D eigenvalue weighted by Gasteiger charge is 2.30. The number of nitrogens with zero attached hydrogens (tertiary/aromatic N) is 2. The number of nitrogens with one attached hydrogen (secondary N) is 1. The molecule has 0 aliphatic rings. The lowest BCUT2D eigenvalue weighted by atomic mass is 10.1. The van der Waals surface area contributed by atoms with E-state index in [4.69, 9.17) is 0 Å². The molecule has 0 aliphatic carbocycles. The molecule has 1 unspecified atom stereocenters. The van der Waals surface area contributed by atoms with Crippen LogP contribution in [0.4, 0.5) is 10.1 Å². The fourth-order valence-electron chi connectivity index (χ4n) is 3.30. The second kappa shape index (κ2) is 11.8. The Morgan fingerprint density at radius 2 is 1.70 bits per heavy atom. The molecule has 1 atom stereocenters. The van der Waals surface area contributed by atoms with Gasteiger partial charge in [-0.1, -0.05) is 44.2 Å². The summed E-state index contributed by atoms with van der Waals surface area (Å²) >= 11 is 0. The number of carbonyl (C=O) groups is 2. The highest BCUT2D eigenvalue weighted by atomic mass is 32.2. The Labute approximate surface area is 195 Å². The van der Waals surface area contributed by atoms with Gasteiger partial charge in [0.05, 0.1) is 11.9 Å². The molecule has 0 bridgehead atoms. The van der Waals surface area contributed by atoms with Crippen LogP contribution < -0.4 is 9.62 Å². The van der Waals surface area contributed by atoms with Crippen LogP contribution in [0.15, 0.2) is 48.5 Å². The monoisotopic (exact) mass is 477 g/mol. The lowest BCUT2D eigenvalue weighted by Gasteiger charge is -2.31. The van der Waals surface area contributed by atoms with Crippen LogP contribution in [-0.4, -0.2) is 50.5 Å². The summed E-state index contributed by atoms with van der Waals surface area (Å²) in [6, 6.07) is 12.0. The summed E-state index contributed by atoms with van der Waals surface area (Å²) in [5.74, 6) is -1.51. The van der Waals surface area contributed by atoms with E-state index in [2.05, 4.69) is 5.32 Å². The third kappa shape index (κ3) is 7.28. The maximum atomic E-state index is 14.3. The zero-order valence-electron chi connectivity index (χ0n) is 19.5. The van der Waals surface area contributed by atoms with Crippen molar-refractivity contribution in [3.8, 4) is 0 Å². The molecule has 0 saturated heterocycles. The molecule has 2 aromatic carbocycles. The maximum Gasteiger partial charge on any atom is 0.244 e. The average molecular weight is 478 g/mol. The molecule has 0 aromatic heterocycles. The molecule has 1 N–H and O–H groups in total. The van der Waals surface area contributed by atoms with Crippen LogP contribution in [0, 0.1) is 5.82 Å². The van der Waals surface area contributed by atoms with Crippen LogP contribution >= 0.6 is 0 Å². The van der Waals surface area contributed by atoms with Gasteiger partial charge in [0, 0.05) is 18.7 Å². The van der Waals surface area contributed by atoms with Crippen LogP contribution in [0.3, 0.4) is 0 Å². The Hall–Kier alpha value is -2.94. The van der Waals surface area contributed by atoms with Crippen LogP contribution in [0.25, 0.3) is 0 Å². The highest BCUT2D eigenvalue weighted by molar-refractivity contribution is 7.92. The van der Waals surface area contributed by atoms with E-state index < -0.39 is 34.3 Å². The molecule has 33 heavy (non-hydrogen) atoms. The number of sulfonamides is 1. The average Bonchev–Trinajstić information content (AvgIpc) is 2.79. The number of halogens is 1. The summed E-state index contributed by atoms with van der Waals surface area (Å²) in [6.45, 7) is 5.19. The van der Waals surface area contributed by atoms with Crippen molar-refractivity contribution in [1.29, 1.82) is 0 Å². The zero-order valence-corrected chi connectivity index (χ0v) is 20.4. The molecule has 2 rings (SSSR count). The van der Waals surface area contributed by atoms with Gasteiger partial charge in [0.25, 0.3) is 0 Å². The predicted octanol–water partition coefficient (Wildman–Crippen LogP) is 3.10. The molecule has 2 amide bonds. The van der Waals surface area contributed by atoms with E-state index in [1.165, 1.54) is 23.1 Å². The van der Waals surface area contributed by atoms with Gasteiger partial charge in [-0.2, -0.15) is 0 Å². The molecule has 0 saturated carbocycles. The van der Waals surface area contributed by atoms with Crippen molar-refractivity contribution >= 4 is 27.5 Å². The van der Waals surface area contributed by atoms with Gasteiger partial charge < -0.3 is 10.2 Å². The fraction of sp³-hybridized carbons (Fsp3) is 0.417. The minimum atomic E-state index is -3.80. The first-order chi connectivity index (χ1) is 15.6. The fourth-order valence-corrected chi connectivity index (χ4v) is 4.15. The number of amides is 2. The van der Waals surface area contributed by atoms with Gasteiger partial charge in [0.2, 0.25) is 21.8 Å². The van der Waals surface area contributed by atoms with Gasteiger partial charge in [-0.05, 0) is 43.5 Å². The minimum absolute atomic E-state index is 0.168. The lowest BCUT2D eigenvalue weighted by molar-refractivity contribution is -0.139. The van der Waals surface area contributed by atoms with Crippen molar-refractivity contribution in [2.24, 2.45) is 0 Å². The number of benzene rings is 2. The SMILES string of the molecule is CCCNC(=O)C(C)N(Cc1ccccc1F)C(=O)CN(c1ccc(CC)cc1)S(C)(=O)=O. The number of hydrogen-bond donors (Lipinski definition) is 1. The summed E-state index contributed by atoms with van der Waals surface area (Å²) < 4.78 is 40.4. The van der Waals surface area contributed by atoms with Crippen molar-refractivity contribution in [3.05, 3.63) is 65.5 Å². The third-order valence-corrected chi connectivity index (χ3v) is 6.47. The molecule has 180 valence electrons. The Kier molecular flexibility index (Phi) is 9.40. The van der Waals surface area contributed by atoms with E-state index in [-0.39, 0.29) is 18.0 Å². The first-order valence-corrected chi connectivity index (χ1v) is 12.8. The quantitative estimate of drug-likeness (QED) is 0.539. The van der Waals surface area contributed by atoms with Gasteiger partial charge in [-0.15, -0.1) is 0 Å². The molecule has 2 aromatic rings. The van der Waals surface area contributed by atoms with E-state index in [9.17, 15) is 22.4 Å². The summed E-state index contributed by atoms with van der Waals surface area (Å²) in [4.78, 5) is 27.2. The summed E-state index contributed by atoms with van der Waals surface area (Å²) in [7, 11) is -3.80. The minimum Gasteiger partial charge on any atom is -0.354 e. The lowest BCUT2D eigenvalue weighted by Crippen LogP contribution is -2.51. The molecule has 0 spiro atoms. The topological polar surface area (TPSA) is 86.8 Å². The molecule has 0 aliphatic heterocycles. The van der Waals surface area contributed by atoms with Crippen molar-refractivity contribution in [1.82, 2.24) is 10.2 Å². The van der Waals surface area contributed by atoms with E-state index in [1.54, 1.807) is 37.3 Å². The van der Waals surface area contributed by atoms with Gasteiger partial charge in [0.15, 0.2) is 0 Å². The Balaban J connectivity index is 2.37. The van der Waals surface area contributed by atoms with Gasteiger partial charge in [-0.25, -0.2) is 12.8 Å². The first-order valence-electron chi connectivity index (χ1n) is 11.0. The molecule has 0 heterocycles. The summed E-state index contributed by atoms with van der Waals surface area (Å²) in [6.07, 6.45) is 2.53. The van der Waals surface area contributed by atoms with Crippen LogP contribution in [0.5, 0.6) is 0 Å². The number of anilines is 1. The molecule has 0 fully saturated rings. The number of hydrogen-bond acceptors (Lipinski definition) is 4. The molecule has 7 nitrogen and oxygen atoms in total. The van der Waals surface area contributed by atoms with Crippen molar-refractivity contribution in [2.75, 3.05) is 23.7 Å². The van der Waals surface area contributed by atoms with E-state index in [1.807, 2.05) is 13.8 Å². The standard InChI is InChI=1S/C24H32FN3O4S/c1-5-15-26-24(30)18(3)27(16-20-9-7-8-10-22(20)25)23(29)17-28(33(4,31)32)21-13-11-19(6-2)12-14-21/h7-14,18H,5-6,15-17H2,1-4H3,(H,26,30). The second-order valence-corrected chi connectivity index (χ2v) is 9.78. The van der Waals surface area contributed by atoms with Gasteiger partial charge in [-0.3, -0.25) is 13.9 Å². The second-order valence-electron chi connectivity index (χ2n) is 7.87. The van der Waals surface area contributed by atoms with E-state index >= 15 is 0 Å². The van der Waals surface area contributed by atoms with Crippen LogP contribution in [0.2, 0.25) is 0 Å². The number of rotatable bonds is 11. The molecular formula is C24H32FN3O4S. The Morgan fingerprint density at radius 3 is 2.24 bits per heavy atom. The van der Waals surface area contributed by atoms with Crippen molar-refractivity contribution in [2.45, 2.75) is 46.2 Å². The van der Waals surface area contributed by atoms with Crippen molar-refractivity contribution < 1.29 is 22.4 Å². The molecular weight excluding hydrogens is 445 g/mol. The third-order valence-electron chi connectivity index (χ3n) is 5.33. The smallest absolute Gasteiger partial charge is 0.244 e. The van der Waals surface area contributed by atoms with Gasteiger partial charge in [0.1, 0.15) is 18.4 Å². The Bertz CT molecular complexity index is 1060. The molecule has 0 radical (unpaired) electrons. The van der Waals surface area contributed by atoms with E-state index in [0.717, 1.165) is 29.0 Å². The summed E-state index contributed by atoms with van der Waals surface area (Å²) in [5.41, 5.74) is 1.61. The first kappa shape index (κ1) is 26.3. The van der Waals surface area contributed by atoms with Crippen LogP contribution in [-0.2, 0) is 32.6 Å². The largest absolute Gasteiger partial charge is 0.354 e. The maximum absolute atomic E-state index is 14.3. The van der Waals surface area contributed by atoms with Gasteiger partial charge >= 0.3 is 0 Å². The van der Waals surface area contributed by atoms with E-state index in [0.29, 0.717) is 12.2 Å². The van der Waals surface area contributed by atoms with Crippen LogP contribution in [0.1, 0.15) is 38.3 Å².